The predicted octanol–water partition coefficient (Wildman–Crippen LogP) is 5.15. The first-order valence-corrected chi connectivity index (χ1v) is 6.85. The van der Waals surface area contributed by atoms with E-state index in [9.17, 15) is 0 Å². The van der Waals surface area contributed by atoms with Crippen molar-refractivity contribution < 1.29 is 0 Å². The van der Waals surface area contributed by atoms with Crippen LogP contribution in [-0.4, -0.2) is 7.05 Å². The molecule has 0 saturated carbocycles. The maximum Gasteiger partial charge on any atom is 0.0414 e. The fraction of sp³-hybridized carbons (Fsp3) is 0.158. The molecule has 0 aromatic heterocycles. The smallest absolute Gasteiger partial charge is 0.0414 e. The van der Waals surface area contributed by atoms with Crippen LogP contribution < -0.4 is 5.32 Å². The molecule has 0 aliphatic carbocycles. The van der Waals surface area contributed by atoms with E-state index in [1.54, 1.807) is 0 Å². The summed E-state index contributed by atoms with van der Waals surface area (Å²) in [6, 6.07) is 16.9. The summed E-state index contributed by atoms with van der Waals surface area (Å²) in [6.07, 6.45) is 1.94. The van der Waals surface area contributed by atoms with Gasteiger partial charge in [0.15, 0.2) is 0 Å². The molecule has 2 aromatic carbocycles. The topological polar surface area (TPSA) is 12.0 Å². The highest BCUT2D eigenvalue weighted by molar-refractivity contribution is 5.97. The molecule has 0 radical (unpaired) electrons. The number of hydrogen-bond acceptors (Lipinski definition) is 1. The van der Waals surface area contributed by atoms with Gasteiger partial charge in [-0.2, -0.15) is 0 Å². The Morgan fingerprint density at radius 2 is 1.80 bits per heavy atom. The van der Waals surface area contributed by atoms with Crippen LogP contribution in [0.4, 0.5) is 5.69 Å². The van der Waals surface area contributed by atoms with Gasteiger partial charge in [-0.05, 0) is 42.7 Å². The molecule has 0 amide bonds. The van der Waals surface area contributed by atoms with E-state index in [4.69, 9.17) is 0 Å². The molecule has 2 rings (SSSR count). The van der Waals surface area contributed by atoms with Gasteiger partial charge in [-0.25, -0.2) is 0 Å². The van der Waals surface area contributed by atoms with Crippen LogP contribution >= 0.6 is 0 Å². The van der Waals surface area contributed by atoms with Crippen LogP contribution in [0.25, 0.3) is 11.1 Å². The standard InChI is InChI=1S/C19H21N/c1-5-17(16-9-7-6-8-10-16)15(3)18-13-14(2)11-12-19(18)20-4/h5-13,20H,1H2,2-4H3/b17-15+. The van der Waals surface area contributed by atoms with Gasteiger partial charge < -0.3 is 5.32 Å². The molecule has 0 atom stereocenters. The molecule has 0 heterocycles. The lowest BCUT2D eigenvalue weighted by molar-refractivity contribution is 1.40. The average molecular weight is 263 g/mol. The van der Waals surface area contributed by atoms with E-state index in [2.05, 4.69) is 68.2 Å². The zero-order valence-electron chi connectivity index (χ0n) is 12.4. The lowest BCUT2D eigenvalue weighted by atomic mass is 9.94. The van der Waals surface area contributed by atoms with Crippen molar-refractivity contribution in [2.24, 2.45) is 0 Å². The molecule has 0 unspecified atom stereocenters. The number of aryl methyl sites for hydroxylation is 1. The summed E-state index contributed by atoms with van der Waals surface area (Å²) in [5, 5.41) is 3.27. The number of anilines is 1. The van der Waals surface area contributed by atoms with Crippen molar-refractivity contribution in [2.45, 2.75) is 13.8 Å². The Balaban J connectivity index is 2.63. The van der Waals surface area contributed by atoms with E-state index in [0.717, 1.165) is 5.69 Å². The largest absolute Gasteiger partial charge is 0.388 e. The van der Waals surface area contributed by atoms with Crippen molar-refractivity contribution >= 4 is 16.8 Å². The first-order chi connectivity index (χ1) is 9.67. The molecule has 0 bridgehead atoms. The van der Waals surface area contributed by atoms with E-state index in [0.29, 0.717) is 0 Å². The van der Waals surface area contributed by atoms with Crippen molar-refractivity contribution in [2.75, 3.05) is 12.4 Å². The normalized spacial score (nSPS) is 11.8. The summed E-state index contributed by atoms with van der Waals surface area (Å²) < 4.78 is 0. The van der Waals surface area contributed by atoms with Crippen molar-refractivity contribution in [1.82, 2.24) is 0 Å². The number of rotatable bonds is 4. The Morgan fingerprint density at radius 3 is 2.40 bits per heavy atom. The van der Waals surface area contributed by atoms with E-state index in [1.807, 2.05) is 19.2 Å². The summed E-state index contributed by atoms with van der Waals surface area (Å²) in [6.45, 7) is 8.25. The van der Waals surface area contributed by atoms with Crippen molar-refractivity contribution in [3.05, 3.63) is 77.9 Å². The summed E-state index contributed by atoms with van der Waals surface area (Å²) in [5.74, 6) is 0. The average Bonchev–Trinajstić information content (AvgIpc) is 2.49. The van der Waals surface area contributed by atoms with Gasteiger partial charge in [0.05, 0.1) is 0 Å². The zero-order chi connectivity index (χ0) is 14.5. The van der Waals surface area contributed by atoms with Gasteiger partial charge in [-0.15, -0.1) is 0 Å². The van der Waals surface area contributed by atoms with Crippen molar-refractivity contribution in [3.8, 4) is 0 Å². The minimum atomic E-state index is 1.14. The van der Waals surface area contributed by atoms with Crippen LogP contribution in [0.3, 0.4) is 0 Å². The van der Waals surface area contributed by atoms with Crippen LogP contribution in [0, 0.1) is 6.92 Å². The van der Waals surface area contributed by atoms with Crippen molar-refractivity contribution in [3.63, 3.8) is 0 Å². The van der Waals surface area contributed by atoms with E-state index in [-0.39, 0.29) is 0 Å². The molecule has 102 valence electrons. The van der Waals surface area contributed by atoms with Gasteiger partial charge in [0.1, 0.15) is 0 Å². The Morgan fingerprint density at radius 1 is 1.10 bits per heavy atom. The SMILES string of the molecule is C=C/C(=C(/C)c1cc(C)ccc1NC)c1ccccc1. The first kappa shape index (κ1) is 14.1. The second kappa shape index (κ2) is 6.25. The van der Waals surface area contributed by atoms with Crippen molar-refractivity contribution in [1.29, 1.82) is 0 Å². The van der Waals surface area contributed by atoms with Crippen LogP contribution in [0.2, 0.25) is 0 Å². The quantitative estimate of drug-likeness (QED) is 0.594. The van der Waals surface area contributed by atoms with Gasteiger partial charge in [0.2, 0.25) is 0 Å². The van der Waals surface area contributed by atoms with Crippen LogP contribution in [-0.2, 0) is 0 Å². The van der Waals surface area contributed by atoms with E-state index in [1.165, 1.54) is 27.8 Å². The minimum Gasteiger partial charge on any atom is -0.388 e. The Bertz CT molecular complexity index is 636. The highest BCUT2D eigenvalue weighted by atomic mass is 14.8. The molecule has 0 fully saturated rings. The molecule has 2 aromatic rings. The van der Waals surface area contributed by atoms with Gasteiger partial charge in [0.25, 0.3) is 0 Å². The van der Waals surface area contributed by atoms with Gasteiger partial charge >= 0.3 is 0 Å². The molecule has 0 aliphatic rings. The Kier molecular flexibility index (Phi) is 4.41. The molecular formula is C19H21N. The highest BCUT2D eigenvalue weighted by Gasteiger charge is 2.08. The maximum absolute atomic E-state index is 3.98. The lowest BCUT2D eigenvalue weighted by Gasteiger charge is -2.14. The molecule has 0 aliphatic heterocycles. The van der Waals surface area contributed by atoms with Gasteiger partial charge in [0, 0.05) is 18.3 Å². The molecular weight excluding hydrogens is 242 g/mol. The number of hydrogen-bond donors (Lipinski definition) is 1. The summed E-state index contributed by atoms with van der Waals surface area (Å²) in [7, 11) is 1.96. The number of benzene rings is 2. The number of nitrogens with one attached hydrogen (secondary N) is 1. The third-order valence-corrected chi connectivity index (χ3v) is 3.54. The summed E-state index contributed by atoms with van der Waals surface area (Å²) in [5.41, 5.74) is 7.24. The molecule has 0 spiro atoms. The van der Waals surface area contributed by atoms with Gasteiger partial charge in [-0.1, -0.05) is 54.6 Å². The molecule has 1 heteroatoms. The Labute approximate surface area is 121 Å². The third kappa shape index (κ3) is 2.83. The van der Waals surface area contributed by atoms with E-state index < -0.39 is 0 Å². The maximum atomic E-state index is 3.98. The molecule has 0 saturated heterocycles. The first-order valence-electron chi connectivity index (χ1n) is 6.85. The summed E-state index contributed by atoms with van der Waals surface area (Å²) in [4.78, 5) is 0. The molecule has 1 nitrogen and oxygen atoms in total. The second-order valence-electron chi connectivity index (χ2n) is 4.91. The summed E-state index contributed by atoms with van der Waals surface area (Å²) >= 11 is 0. The molecule has 1 N–H and O–H groups in total. The fourth-order valence-electron chi connectivity index (χ4n) is 2.44. The molecule has 20 heavy (non-hydrogen) atoms. The number of allylic oxidation sites excluding steroid dienone is 3. The van der Waals surface area contributed by atoms with Crippen LogP contribution in [0.1, 0.15) is 23.6 Å². The zero-order valence-corrected chi connectivity index (χ0v) is 12.4. The predicted molar refractivity (Wildman–Crippen MR) is 89.9 cm³/mol. The van der Waals surface area contributed by atoms with E-state index >= 15 is 0 Å². The Hall–Kier alpha value is -2.28. The van der Waals surface area contributed by atoms with Gasteiger partial charge in [-0.3, -0.25) is 0 Å². The monoisotopic (exact) mass is 263 g/mol. The van der Waals surface area contributed by atoms with Crippen LogP contribution in [0.15, 0.2) is 61.2 Å². The lowest BCUT2D eigenvalue weighted by Crippen LogP contribution is -1.96. The fourth-order valence-corrected chi connectivity index (χ4v) is 2.44. The van der Waals surface area contributed by atoms with Crippen LogP contribution in [0.5, 0.6) is 0 Å². The highest BCUT2D eigenvalue weighted by Crippen LogP contribution is 2.31. The second-order valence-corrected chi connectivity index (χ2v) is 4.91. The minimum absolute atomic E-state index is 1.14. The third-order valence-electron chi connectivity index (χ3n) is 3.54.